The first-order valence-electron chi connectivity index (χ1n) is 23.2. The van der Waals surface area contributed by atoms with Crippen molar-refractivity contribution in [3.8, 4) is 11.3 Å². The summed E-state index contributed by atoms with van der Waals surface area (Å²) in [5, 5.41) is 12.0. The van der Waals surface area contributed by atoms with Gasteiger partial charge in [0.25, 0.3) is 11.8 Å². The van der Waals surface area contributed by atoms with E-state index < -0.39 is 23.6 Å². The van der Waals surface area contributed by atoms with E-state index in [1.54, 1.807) is 66.9 Å². The van der Waals surface area contributed by atoms with E-state index in [1.807, 2.05) is 0 Å². The van der Waals surface area contributed by atoms with E-state index in [2.05, 4.69) is 36.1 Å². The molecule has 18 heteroatoms. The molecule has 5 aromatic rings. The lowest BCUT2D eigenvalue weighted by Crippen LogP contribution is -2.52. The molecule has 0 radical (unpaired) electrons. The van der Waals surface area contributed by atoms with Crippen molar-refractivity contribution in [1.82, 2.24) is 30.4 Å². The van der Waals surface area contributed by atoms with E-state index in [-0.39, 0.29) is 79.9 Å². The molecule has 2 saturated heterocycles. The van der Waals surface area contributed by atoms with Crippen molar-refractivity contribution < 1.29 is 37.5 Å². The molecule has 4 N–H and O–H groups in total. The zero-order chi connectivity index (χ0) is 48.0. The largest absolute Gasteiger partial charge is 0.381 e. The summed E-state index contributed by atoms with van der Waals surface area (Å²) in [5.74, 6) is -2.66. The highest BCUT2D eigenvalue weighted by molar-refractivity contribution is 6.31. The highest BCUT2D eigenvalue weighted by atomic mass is 35.5. The third-order valence-electron chi connectivity index (χ3n) is 12.9. The van der Waals surface area contributed by atoms with Gasteiger partial charge in [-0.1, -0.05) is 29.8 Å². The number of fused-ring (bicyclic) bond motifs is 4. The molecule has 5 amide bonds. The smallest absolute Gasteiger partial charge is 0.255 e. The van der Waals surface area contributed by atoms with Gasteiger partial charge in [0.15, 0.2) is 0 Å². The van der Waals surface area contributed by atoms with Gasteiger partial charge in [-0.05, 0) is 106 Å². The Morgan fingerprint density at radius 3 is 2.43 bits per heavy atom. The first kappa shape index (κ1) is 47.1. The minimum absolute atomic E-state index is 0.0695. The summed E-state index contributed by atoms with van der Waals surface area (Å²) in [5.41, 5.74) is 5.01. The average Bonchev–Trinajstić information content (AvgIpc) is 3.59. The molecule has 69 heavy (non-hydrogen) atoms. The summed E-state index contributed by atoms with van der Waals surface area (Å²) < 4.78 is 35.7. The fraction of sp³-hybridized carbons (Fsp3) is 0.333. The van der Waals surface area contributed by atoms with E-state index in [4.69, 9.17) is 21.3 Å². The number of anilines is 3. The van der Waals surface area contributed by atoms with Crippen LogP contribution in [-0.4, -0.2) is 99.9 Å². The fourth-order valence-corrected chi connectivity index (χ4v) is 9.40. The van der Waals surface area contributed by atoms with Crippen LogP contribution in [0.3, 0.4) is 0 Å². The van der Waals surface area contributed by atoms with Gasteiger partial charge >= 0.3 is 0 Å². The van der Waals surface area contributed by atoms with Gasteiger partial charge in [-0.3, -0.25) is 34.3 Å². The Hall–Kier alpha value is -6.95. The maximum Gasteiger partial charge on any atom is 0.255 e. The van der Waals surface area contributed by atoms with E-state index in [1.165, 1.54) is 23.1 Å². The molecular weight excluding hydrogens is 908 g/mol. The number of carbonyl (C=O) groups excluding carboxylic acids is 5. The molecular formula is C51H50ClF2N9O6. The van der Waals surface area contributed by atoms with Gasteiger partial charge in [0.2, 0.25) is 23.7 Å². The Labute approximate surface area is 402 Å². The normalized spacial score (nSPS) is 17.0. The topological polar surface area (TPSA) is 187 Å². The van der Waals surface area contributed by atoms with Crippen LogP contribution in [0.25, 0.3) is 11.3 Å². The molecule has 0 saturated carbocycles. The van der Waals surface area contributed by atoms with Crippen molar-refractivity contribution in [3.63, 3.8) is 0 Å². The van der Waals surface area contributed by atoms with Crippen LogP contribution in [0.1, 0.15) is 94.3 Å². The van der Waals surface area contributed by atoms with E-state index in [9.17, 15) is 32.8 Å². The van der Waals surface area contributed by atoms with E-state index in [0.717, 1.165) is 51.7 Å². The lowest BCUT2D eigenvalue weighted by Gasteiger charge is -2.32. The maximum atomic E-state index is 15.0. The molecule has 9 rings (SSSR count). The number of nitrogens with zero attached hydrogens (tertiary/aromatic N) is 5. The summed E-state index contributed by atoms with van der Waals surface area (Å²) in [6.45, 7) is 3.82. The van der Waals surface area contributed by atoms with Crippen LogP contribution < -0.4 is 21.3 Å². The van der Waals surface area contributed by atoms with Gasteiger partial charge in [0.1, 0.15) is 17.7 Å². The minimum Gasteiger partial charge on any atom is -0.381 e. The number of piperidine rings is 2. The van der Waals surface area contributed by atoms with Gasteiger partial charge in [-0.2, -0.15) is 0 Å². The molecule has 4 aliphatic heterocycles. The van der Waals surface area contributed by atoms with E-state index >= 15 is 0 Å². The number of carbonyl (C=O) groups is 5. The maximum absolute atomic E-state index is 15.0. The third kappa shape index (κ3) is 10.9. The number of benzene rings is 4. The summed E-state index contributed by atoms with van der Waals surface area (Å²) in [6.07, 6.45) is 6.80. The molecule has 1 aromatic heterocycles. The number of hydrogen-bond acceptors (Lipinski definition) is 11. The zero-order valence-corrected chi connectivity index (χ0v) is 38.4. The quantitative estimate of drug-likeness (QED) is 0.0576. The molecule has 4 aromatic carbocycles. The lowest BCUT2D eigenvalue weighted by atomic mass is 9.95. The van der Waals surface area contributed by atoms with Gasteiger partial charge in [-0.15, -0.1) is 0 Å². The third-order valence-corrected chi connectivity index (χ3v) is 13.1. The van der Waals surface area contributed by atoms with Crippen LogP contribution in [0.15, 0.2) is 90.1 Å². The zero-order valence-electron chi connectivity index (χ0n) is 37.7. The first-order chi connectivity index (χ1) is 33.5. The van der Waals surface area contributed by atoms with Crippen molar-refractivity contribution in [2.45, 2.75) is 76.5 Å². The second-order valence-corrected chi connectivity index (χ2v) is 17.9. The second-order valence-electron chi connectivity index (χ2n) is 17.5. The predicted octanol–water partition coefficient (Wildman–Crippen LogP) is 7.34. The number of rotatable bonds is 16. The van der Waals surface area contributed by atoms with Crippen molar-refractivity contribution in [2.24, 2.45) is 4.99 Å². The van der Waals surface area contributed by atoms with Crippen molar-refractivity contribution in [1.29, 1.82) is 0 Å². The predicted molar refractivity (Wildman–Crippen MR) is 255 cm³/mol. The van der Waals surface area contributed by atoms with E-state index in [0.29, 0.717) is 68.0 Å². The molecule has 2 fully saturated rings. The SMILES string of the molecule is O=C1CCC(N2Cc3c(NC(=O)CCOCCCCCN4CCC(NC(=O)c5ccc(Nc6ncc7c(n6)-c6ccc(Cl)cc6C(c6c(F)cccc6F)=NC7)cc5)CC4)cccc3C2=O)C(=O)N1. The molecule has 1 atom stereocenters. The van der Waals surface area contributed by atoms with Crippen molar-refractivity contribution in [3.05, 3.63) is 135 Å². The number of imide groups is 1. The van der Waals surface area contributed by atoms with Gasteiger partial charge in [0, 0.05) is 94.7 Å². The summed E-state index contributed by atoms with van der Waals surface area (Å²) >= 11 is 6.36. The van der Waals surface area contributed by atoms with Gasteiger partial charge in [-0.25, -0.2) is 18.7 Å². The van der Waals surface area contributed by atoms with Crippen molar-refractivity contribution in [2.75, 3.05) is 43.5 Å². The van der Waals surface area contributed by atoms with Crippen LogP contribution in [0.4, 0.5) is 26.1 Å². The summed E-state index contributed by atoms with van der Waals surface area (Å²) in [7, 11) is 0. The first-order valence-corrected chi connectivity index (χ1v) is 23.6. The number of nitrogens with one attached hydrogen (secondary N) is 4. The molecule has 15 nitrogen and oxygen atoms in total. The number of halogens is 3. The number of likely N-dealkylation sites (tertiary alicyclic amines) is 1. The molecule has 1 unspecified atom stereocenters. The Morgan fingerprint density at radius 1 is 0.870 bits per heavy atom. The summed E-state index contributed by atoms with van der Waals surface area (Å²) in [6, 6.07) is 20.3. The Bertz CT molecular complexity index is 2820. The highest BCUT2D eigenvalue weighted by Gasteiger charge is 2.40. The highest BCUT2D eigenvalue weighted by Crippen LogP contribution is 2.36. The lowest BCUT2D eigenvalue weighted by molar-refractivity contribution is -0.137. The minimum atomic E-state index is -0.731. The van der Waals surface area contributed by atoms with Crippen LogP contribution in [0.5, 0.6) is 0 Å². The number of hydrogen-bond donors (Lipinski definition) is 4. The number of unbranched alkanes of at least 4 members (excludes halogenated alkanes) is 2. The monoisotopic (exact) mass is 957 g/mol. The summed E-state index contributed by atoms with van der Waals surface area (Å²) in [4.78, 5) is 80.8. The molecule has 0 spiro atoms. The molecule has 5 heterocycles. The number of aromatic nitrogens is 2. The number of aliphatic imine (C=N–C) groups is 1. The van der Waals surface area contributed by atoms with Crippen molar-refractivity contribution >= 4 is 64.2 Å². The number of ether oxygens (including phenoxy) is 1. The van der Waals surface area contributed by atoms with Gasteiger partial charge < -0.3 is 30.5 Å². The van der Waals surface area contributed by atoms with Crippen LogP contribution in [0, 0.1) is 11.6 Å². The van der Waals surface area contributed by atoms with Crippen LogP contribution in [-0.2, 0) is 32.2 Å². The molecule has 0 aliphatic carbocycles. The second kappa shape index (κ2) is 21.1. The van der Waals surface area contributed by atoms with Crippen LogP contribution >= 0.6 is 11.6 Å². The Morgan fingerprint density at radius 2 is 1.65 bits per heavy atom. The van der Waals surface area contributed by atoms with Gasteiger partial charge in [0.05, 0.1) is 36.5 Å². The number of amides is 5. The average molecular weight is 958 g/mol. The fourth-order valence-electron chi connectivity index (χ4n) is 9.22. The standard InChI is InChI=1S/C51H50ClF2N9O6/c52-32-12-15-35-37(26-32)47(45-39(53)7-5-8-40(45)54)55-27-31-28-56-51(61-46(31)35)58-33-13-10-30(11-14-33)48(66)57-34-18-22-62(23-19-34)21-2-1-3-24-69-25-20-44(65)59-41-9-4-6-36-38(41)29-63(50(36)68)42-16-17-43(64)60-49(42)67/h4-15,26,28,34,42H,1-3,16-25,27,29H2,(H,57,66)(H,59,65)(H,56,58,61)(H,60,64,67). The van der Waals surface area contributed by atoms with Crippen LogP contribution in [0.2, 0.25) is 5.02 Å². The Kier molecular flexibility index (Phi) is 14.4. The molecule has 0 bridgehead atoms. The molecule has 356 valence electrons. The molecule has 4 aliphatic rings. The Balaban J connectivity index is 0.665.